The van der Waals surface area contributed by atoms with Crippen molar-refractivity contribution in [1.82, 2.24) is 5.32 Å². The molecule has 2 rings (SSSR count). The Labute approximate surface area is 123 Å². The standard InChI is InChI=1S/C16H19NO4/c1-3-15(16(18)17-11-14-5-4-10-20-14)21-13-8-6-12(19-2)7-9-13/h4-10,15H,3,11H2,1-2H3,(H,17,18)/t15-/m0/s1. The average Bonchev–Trinajstić information content (AvgIpc) is 3.04. The first-order valence-electron chi connectivity index (χ1n) is 6.83. The molecule has 1 atom stereocenters. The second kappa shape index (κ2) is 7.38. The minimum Gasteiger partial charge on any atom is -0.497 e. The van der Waals surface area contributed by atoms with Gasteiger partial charge in [-0.05, 0) is 42.8 Å². The molecule has 21 heavy (non-hydrogen) atoms. The molecule has 0 unspecified atom stereocenters. The molecule has 0 spiro atoms. The van der Waals surface area contributed by atoms with E-state index in [0.717, 1.165) is 5.75 Å². The van der Waals surface area contributed by atoms with E-state index in [1.807, 2.05) is 13.0 Å². The highest BCUT2D eigenvalue weighted by Crippen LogP contribution is 2.19. The first-order valence-corrected chi connectivity index (χ1v) is 6.83. The molecule has 0 radical (unpaired) electrons. The van der Waals surface area contributed by atoms with E-state index in [-0.39, 0.29) is 5.91 Å². The van der Waals surface area contributed by atoms with Crippen LogP contribution in [0.4, 0.5) is 0 Å². The molecule has 0 fully saturated rings. The summed E-state index contributed by atoms with van der Waals surface area (Å²) in [6.07, 6.45) is 1.62. The number of hydrogen-bond donors (Lipinski definition) is 1. The summed E-state index contributed by atoms with van der Waals surface area (Å²) in [6.45, 7) is 2.26. The fraction of sp³-hybridized carbons (Fsp3) is 0.312. The number of amides is 1. The van der Waals surface area contributed by atoms with Crippen LogP contribution in [0, 0.1) is 0 Å². The highest BCUT2D eigenvalue weighted by atomic mass is 16.5. The maximum absolute atomic E-state index is 12.1. The molecule has 0 aliphatic carbocycles. The van der Waals surface area contributed by atoms with Crippen LogP contribution in [-0.2, 0) is 11.3 Å². The first-order chi connectivity index (χ1) is 10.2. The lowest BCUT2D eigenvalue weighted by Gasteiger charge is -2.17. The van der Waals surface area contributed by atoms with Crippen LogP contribution >= 0.6 is 0 Å². The Kier molecular flexibility index (Phi) is 5.26. The molecule has 1 heterocycles. The lowest BCUT2D eigenvalue weighted by molar-refractivity contribution is -0.128. The summed E-state index contributed by atoms with van der Waals surface area (Å²) in [5.41, 5.74) is 0. The monoisotopic (exact) mass is 289 g/mol. The van der Waals surface area contributed by atoms with Gasteiger partial charge in [-0.1, -0.05) is 6.92 Å². The van der Waals surface area contributed by atoms with Crippen LogP contribution in [-0.4, -0.2) is 19.1 Å². The summed E-state index contributed by atoms with van der Waals surface area (Å²) in [7, 11) is 1.60. The molecular weight excluding hydrogens is 270 g/mol. The average molecular weight is 289 g/mol. The second-order valence-corrected chi connectivity index (χ2v) is 4.49. The van der Waals surface area contributed by atoms with Gasteiger partial charge in [0.1, 0.15) is 17.3 Å². The summed E-state index contributed by atoms with van der Waals surface area (Å²) < 4.78 is 16.0. The van der Waals surface area contributed by atoms with Crippen molar-refractivity contribution in [3.05, 3.63) is 48.4 Å². The topological polar surface area (TPSA) is 60.7 Å². The molecule has 0 saturated heterocycles. The molecule has 1 N–H and O–H groups in total. The van der Waals surface area contributed by atoms with Crippen LogP contribution in [0.5, 0.6) is 11.5 Å². The SMILES string of the molecule is CC[C@H](Oc1ccc(OC)cc1)C(=O)NCc1ccco1. The van der Waals surface area contributed by atoms with E-state index in [4.69, 9.17) is 13.9 Å². The summed E-state index contributed by atoms with van der Waals surface area (Å²) in [5, 5.41) is 2.80. The van der Waals surface area contributed by atoms with E-state index >= 15 is 0 Å². The molecule has 0 bridgehead atoms. The normalized spacial score (nSPS) is 11.7. The van der Waals surface area contributed by atoms with Gasteiger partial charge < -0.3 is 19.2 Å². The van der Waals surface area contributed by atoms with Gasteiger partial charge in [0.15, 0.2) is 6.10 Å². The molecule has 112 valence electrons. The largest absolute Gasteiger partial charge is 0.497 e. The van der Waals surface area contributed by atoms with Gasteiger partial charge in [-0.25, -0.2) is 0 Å². The number of carbonyl (C=O) groups excluding carboxylic acids is 1. The fourth-order valence-corrected chi connectivity index (χ4v) is 1.84. The van der Waals surface area contributed by atoms with E-state index in [2.05, 4.69) is 5.32 Å². The predicted octanol–water partition coefficient (Wildman–Crippen LogP) is 2.76. The van der Waals surface area contributed by atoms with Gasteiger partial charge in [0.05, 0.1) is 19.9 Å². The Morgan fingerprint density at radius 3 is 2.52 bits per heavy atom. The van der Waals surface area contributed by atoms with E-state index in [0.29, 0.717) is 24.5 Å². The number of carbonyl (C=O) groups is 1. The van der Waals surface area contributed by atoms with Crippen LogP contribution in [0.25, 0.3) is 0 Å². The minimum atomic E-state index is -0.534. The van der Waals surface area contributed by atoms with Crippen molar-refractivity contribution in [3.63, 3.8) is 0 Å². The van der Waals surface area contributed by atoms with E-state index in [9.17, 15) is 4.79 Å². The van der Waals surface area contributed by atoms with E-state index < -0.39 is 6.10 Å². The van der Waals surface area contributed by atoms with Crippen molar-refractivity contribution in [1.29, 1.82) is 0 Å². The van der Waals surface area contributed by atoms with Crippen molar-refractivity contribution in [3.8, 4) is 11.5 Å². The van der Waals surface area contributed by atoms with Gasteiger partial charge in [0.25, 0.3) is 5.91 Å². The third-order valence-electron chi connectivity index (χ3n) is 3.02. The summed E-state index contributed by atoms with van der Waals surface area (Å²) in [6, 6.07) is 10.7. The second-order valence-electron chi connectivity index (χ2n) is 4.49. The highest BCUT2D eigenvalue weighted by molar-refractivity contribution is 5.81. The smallest absolute Gasteiger partial charge is 0.261 e. The molecular formula is C16H19NO4. The lowest BCUT2D eigenvalue weighted by Crippen LogP contribution is -2.37. The minimum absolute atomic E-state index is 0.162. The number of methoxy groups -OCH3 is 1. The van der Waals surface area contributed by atoms with Crippen molar-refractivity contribution in [2.75, 3.05) is 7.11 Å². The van der Waals surface area contributed by atoms with Crippen molar-refractivity contribution < 1.29 is 18.7 Å². The van der Waals surface area contributed by atoms with Gasteiger partial charge in [0.2, 0.25) is 0 Å². The molecule has 1 aromatic heterocycles. The van der Waals surface area contributed by atoms with Crippen LogP contribution in [0.3, 0.4) is 0 Å². The molecule has 0 saturated carbocycles. The number of benzene rings is 1. The molecule has 1 amide bonds. The van der Waals surface area contributed by atoms with E-state index in [1.165, 1.54) is 0 Å². The number of ether oxygens (including phenoxy) is 2. The van der Waals surface area contributed by atoms with Gasteiger partial charge in [0, 0.05) is 0 Å². The Morgan fingerprint density at radius 1 is 1.24 bits per heavy atom. The number of nitrogens with one attached hydrogen (secondary N) is 1. The van der Waals surface area contributed by atoms with Gasteiger partial charge in [-0.15, -0.1) is 0 Å². The lowest BCUT2D eigenvalue weighted by atomic mass is 10.2. The molecule has 2 aromatic rings. The number of hydrogen-bond acceptors (Lipinski definition) is 4. The molecule has 1 aromatic carbocycles. The van der Waals surface area contributed by atoms with Gasteiger partial charge >= 0.3 is 0 Å². The van der Waals surface area contributed by atoms with Gasteiger partial charge in [-0.3, -0.25) is 4.79 Å². The zero-order valence-electron chi connectivity index (χ0n) is 12.2. The predicted molar refractivity (Wildman–Crippen MR) is 78.3 cm³/mol. The Morgan fingerprint density at radius 2 is 1.95 bits per heavy atom. The van der Waals surface area contributed by atoms with Gasteiger partial charge in [-0.2, -0.15) is 0 Å². The quantitative estimate of drug-likeness (QED) is 0.851. The molecule has 5 nitrogen and oxygen atoms in total. The number of rotatable bonds is 7. The van der Waals surface area contributed by atoms with Crippen LogP contribution in [0.15, 0.2) is 47.1 Å². The molecule has 0 aliphatic rings. The zero-order valence-corrected chi connectivity index (χ0v) is 12.2. The number of furan rings is 1. The summed E-state index contributed by atoms with van der Waals surface area (Å²) in [4.78, 5) is 12.1. The third kappa shape index (κ3) is 4.27. The first kappa shape index (κ1) is 15.0. The fourth-order valence-electron chi connectivity index (χ4n) is 1.84. The van der Waals surface area contributed by atoms with Crippen LogP contribution < -0.4 is 14.8 Å². The Hall–Kier alpha value is -2.43. The Bertz CT molecular complexity index is 548. The van der Waals surface area contributed by atoms with Crippen LogP contribution in [0.1, 0.15) is 19.1 Å². The summed E-state index contributed by atoms with van der Waals surface area (Å²) >= 11 is 0. The molecule has 0 aliphatic heterocycles. The van der Waals surface area contributed by atoms with Crippen LogP contribution in [0.2, 0.25) is 0 Å². The van der Waals surface area contributed by atoms with Crippen molar-refractivity contribution in [2.45, 2.75) is 26.0 Å². The maximum atomic E-state index is 12.1. The zero-order chi connectivity index (χ0) is 15.1. The highest BCUT2D eigenvalue weighted by Gasteiger charge is 2.18. The third-order valence-corrected chi connectivity index (χ3v) is 3.02. The van der Waals surface area contributed by atoms with E-state index in [1.54, 1.807) is 43.7 Å². The summed E-state index contributed by atoms with van der Waals surface area (Å²) in [5.74, 6) is 1.93. The van der Waals surface area contributed by atoms with Crippen molar-refractivity contribution >= 4 is 5.91 Å². The Balaban J connectivity index is 1.90. The maximum Gasteiger partial charge on any atom is 0.261 e. The van der Waals surface area contributed by atoms with Crippen molar-refractivity contribution in [2.24, 2.45) is 0 Å². The molecule has 5 heteroatoms.